The van der Waals surface area contributed by atoms with Crippen molar-refractivity contribution in [3.63, 3.8) is 0 Å². The Kier molecular flexibility index (Phi) is 5.76. The predicted octanol–water partition coefficient (Wildman–Crippen LogP) is 4.69. The van der Waals surface area contributed by atoms with Gasteiger partial charge in [-0.3, -0.25) is 0 Å². The van der Waals surface area contributed by atoms with Crippen LogP contribution in [0.25, 0.3) is 0 Å². The van der Waals surface area contributed by atoms with Crippen molar-refractivity contribution in [2.75, 3.05) is 13.2 Å². The predicted molar refractivity (Wildman–Crippen MR) is 87.2 cm³/mol. The first-order chi connectivity index (χ1) is 10.2. The lowest BCUT2D eigenvalue weighted by Crippen LogP contribution is -2.22. The lowest BCUT2D eigenvalue weighted by atomic mass is 9.98. The first-order valence-corrected chi connectivity index (χ1v) is 7.86. The standard InChI is InChI=1S/C17H19BrFNO/c1-3-20-17(15-10-7-13(19)11-16(15)18)12-5-8-14(9-6-12)21-4-2/h5-11,17,20H,3-4H2,1-2H3. The molecule has 0 fully saturated rings. The minimum absolute atomic E-state index is 0.0145. The lowest BCUT2D eigenvalue weighted by Gasteiger charge is -2.20. The third-order valence-electron chi connectivity index (χ3n) is 3.21. The summed E-state index contributed by atoms with van der Waals surface area (Å²) in [6.45, 7) is 5.49. The van der Waals surface area contributed by atoms with Gasteiger partial charge in [-0.2, -0.15) is 0 Å². The van der Waals surface area contributed by atoms with Crippen LogP contribution in [0.4, 0.5) is 4.39 Å². The molecule has 1 N–H and O–H groups in total. The van der Waals surface area contributed by atoms with Crippen LogP contribution >= 0.6 is 15.9 Å². The van der Waals surface area contributed by atoms with Crippen molar-refractivity contribution in [1.82, 2.24) is 5.32 Å². The summed E-state index contributed by atoms with van der Waals surface area (Å²) >= 11 is 3.45. The normalized spacial score (nSPS) is 12.2. The highest BCUT2D eigenvalue weighted by Crippen LogP contribution is 2.30. The van der Waals surface area contributed by atoms with Crippen molar-refractivity contribution >= 4 is 15.9 Å². The molecule has 21 heavy (non-hydrogen) atoms. The van der Waals surface area contributed by atoms with Crippen LogP contribution in [0.2, 0.25) is 0 Å². The summed E-state index contributed by atoms with van der Waals surface area (Å²) in [5, 5.41) is 3.43. The molecule has 0 aliphatic carbocycles. The first kappa shape index (κ1) is 16.0. The average Bonchev–Trinajstić information content (AvgIpc) is 2.47. The van der Waals surface area contributed by atoms with Gasteiger partial charge in [-0.1, -0.05) is 41.1 Å². The monoisotopic (exact) mass is 351 g/mol. The minimum atomic E-state index is -0.243. The van der Waals surface area contributed by atoms with Gasteiger partial charge in [0.1, 0.15) is 11.6 Å². The molecule has 1 unspecified atom stereocenters. The second-order valence-corrected chi connectivity index (χ2v) is 5.51. The second kappa shape index (κ2) is 7.57. The number of ether oxygens (including phenoxy) is 1. The van der Waals surface area contributed by atoms with E-state index in [1.165, 1.54) is 12.1 Å². The van der Waals surface area contributed by atoms with Gasteiger partial charge in [0.05, 0.1) is 12.6 Å². The van der Waals surface area contributed by atoms with Crippen molar-refractivity contribution in [2.24, 2.45) is 0 Å². The SMILES string of the molecule is CCNC(c1ccc(OCC)cc1)c1ccc(F)cc1Br. The topological polar surface area (TPSA) is 21.3 Å². The van der Waals surface area contributed by atoms with E-state index >= 15 is 0 Å². The van der Waals surface area contributed by atoms with E-state index in [1.807, 2.05) is 37.3 Å². The van der Waals surface area contributed by atoms with Gasteiger partial charge >= 0.3 is 0 Å². The summed E-state index contributed by atoms with van der Waals surface area (Å²) in [6, 6.07) is 12.8. The van der Waals surface area contributed by atoms with E-state index in [0.29, 0.717) is 6.61 Å². The number of benzene rings is 2. The fraction of sp³-hybridized carbons (Fsp3) is 0.294. The van der Waals surface area contributed by atoms with Gasteiger partial charge < -0.3 is 10.1 Å². The van der Waals surface area contributed by atoms with Crippen molar-refractivity contribution in [3.05, 3.63) is 63.9 Å². The Hall–Kier alpha value is -1.39. The summed E-state index contributed by atoms with van der Waals surface area (Å²) in [5.74, 6) is 0.613. The molecule has 2 aromatic rings. The van der Waals surface area contributed by atoms with Crippen LogP contribution < -0.4 is 10.1 Å². The van der Waals surface area contributed by atoms with Gasteiger partial charge in [-0.15, -0.1) is 0 Å². The molecule has 0 aliphatic rings. The molecule has 2 nitrogen and oxygen atoms in total. The van der Waals surface area contributed by atoms with Crippen LogP contribution in [0.3, 0.4) is 0 Å². The van der Waals surface area contributed by atoms with Crippen LogP contribution in [0.15, 0.2) is 46.9 Å². The van der Waals surface area contributed by atoms with E-state index < -0.39 is 0 Å². The molecule has 0 amide bonds. The smallest absolute Gasteiger partial charge is 0.124 e. The number of rotatable bonds is 6. The molecule has 0 aliphatic heterocycles. The number of nitrogens with one attached hydrogen (secondary N) is 1. The second-order valence-electron chi connectivity index (χ2n) is 4.66. The molecule has 112 valence electrons. The number of halogens is 2. The zero-order valence-corrected chi connectivity index (χ0v) is 13.8. The highest BCUT2D eigenvalue weighted by atomic mass is 79.9. The molecular weight excluding hydrogens is 333 g/mol. The summed E-state index contributed by atoms with van der Waals surface area (Å²) in [5.41, 5.74) is 2.13. The van der Waals surface area contributed by atoms with Crippen LogP contribution in [0.5, 0.6) is 5.75 Å². The quantitative estimate of drug-likeness (QED) is 0.815. The Morgan fingerprint density at radius 1 is 1.14 bits per heavy atom. The molecular formula is C17H19BrFNO. The van der Waals surface area contributed by atoms with E-state index in [1.54, 1.807) is 0 Å². The Bertz CT molecular complexity index is 586. The molecule has 2 aromatic carbocycles. The zero-order valence-electron chi connectivity index (χ0n) is 12.2. The van der Waals surface area contributed by atoms with Crippen LogP contribution in [0, 0.1) is 5.82 Å². The molecule has 0 radical (unpaired) electrons. The minimum Gasteiger partial charge on any atom is -0.494 e. The van der Waals surface area contributed by atoms with Crippen molar-refractivity contribution in [3.8, 4) is 5.75 Å². The Morgan fingerprint density at radius 3 is 2.43 bits per heavy atom. The Morgan fingerprint density at radius 2 is 1.86 bits per heavy atom. The summed E-state index contributed by atoms with van der Waals surface area (Å²) in [6.07, 6.45) is 0. The maximum absolute atomic E-state index is 13.3. The van der Waals surface area contributed by atoms with Gasteiger partial charge in [0, 0.05) is 4.47 Å². The Labute approximate surface area is 133 Å². The fourth-order valence-corrected chi connectivity index (χ4v) is 2.85. The lowest BCUT2D eigenvalue weighted by molar-refractivity contribution is 0.340. The van der Waals surface area contributed by atoms with Gasteiger partial charge in [0.25, 0.3) is 0 Å². The highest BCUT2D eigenvalue weighted by Gasteiger charge is 2.16. The van der Waals surface area contributed by atoms with Crippen LogP contribution in [-0.4, -0.2) is 13.2 Å². The fourth-order valence-electron chi connectivity index (χ4n) is 2.27. The zero-order chi connectivity index (χ0) is 15.2. The van der Waals surface area contributed by atoms with Gasteiger partial charge in [0.15, 0.2) is 0 Å². The first-order valence-electron chi connectivity index (χ1n) is 7.06. The molecule has 2 rings (SSSR count). The van der Waals surface area contributed by atoms with Crippen LogP contribution in [0.1, 0.15) is 31.0 Å². The molecule has 0 aromatic heterocycles. The third-order valence-corrected chi connectivity index (χ3v) is 3.89. The van der Waals surface area contributed by atoms with Crippen molar-refractivity contribution < 1.29 is 9.13 Å². The maximum Gasteiger partial charge on any atom is 0.124 e. The van der Waals surface area contributed by atoms with Crippen molar-refractivity contribution in [1.29, 1.82) is 0 Å². The van der Waals surface area contributed by atoms with Gasteiger partial charge in [0.2, 0.25) is 0 Å². The van der Waals surface area contributed by atoms with Gasteiger partial charge in [-0.05, 0) is 48.9 Å². The third kappa shape index (κ3) is 4.05. The van der Waals surface area contributed by atoms with Crippen LogP contribution in [-0.2, 0) is 0 Å². The molecule has 0 bridgehead atoms. The molecule has 0 spiro atoms. The molecule has 0 heterocycles. The molecule has 0 saturated heterocycles. The van der Waals surface area contributed by atoms with E-state index in [0.717, 1.165) is 27.9 Å². The van der Waals surface area contributed by atoms with E-state index in [9.17, 15) is 4.39 Å². The van der Waals surface area contributed by atoms with Gasteiger partial charge in [-0.25, -0.2) is 4.39 Å². The molecule has 0 saturated carbocycles. The summed E-state index contributed by atoms with van der Waals surface area (Å²) in [4.78, 5) is 0. The molecule has 1 atom stereocenters. The maximum atomic E-state index is 13.3. The van der Waals surface area contributed by atoms with E-state index in [-0.39, 0.29) is 11.9 Å². The number of hydrogen-bond acceptors (Lipinski definition) is 2. The summed E-state index contributed by atoms with van der Waals surface area (Å²) < 4.78 is 19.5. The molecule has 4 heteroatoms. The van der Waals surface area contributed by atoms with E-state index in [2.05, 4.69) is 28.2 Å². The average molecular weight is 352 g/mol. The largest absolute Gasteiger partial charge is 0.494 e. The van der Waals surface area contributed by atoms with Crippen molar-refractivity contribution in [2.45, 2.75) is 19.9 Å². The van der Waals surface area contributed by atoms with E-state index in [4.69, 9.17) is 4.74 Å². The summed E-state index contributed by atoms with van der Waals surface area (Å²) in [7, 11) is 0. The Balaban J connectivity index is 2.33. The highest BCUT2D eigenvalue weighted by molar-refractivity contribution is 9.10. The number of hydrogen-bond donors (Lipinski definition) is 1.